The van der Waals surface area contributed by atoms with Gasteiger partial charge in [0.05, 0.1) is 6.61 Å². The van der Waals surface area contributed by atoms with Crippen molar-refractivity contribution in [1.82, 2.24) is 5.32 Å². The quantitative estimate of drug-likeness (QED) is 0.764. The second-order valence-electron chi connectivity index (χ2n) is 5.05. The molecule has 3 heteroatoms. The first kappa shape index (κ1) is 10.8. The summed E-state index contributed by atoms with van der Waals surface area (Å²) in [5.74, 6) is 1.35. The summed E-state index contributed by atoms with van der Waals surface area (Å²) in [7, 11) is 0. The number of rotatable bonds is 2. The monoisotopic (exact) mass is 215 g/mol. The Balaban J connectivity index is 1.75. The van der Waals surface area contributed by atoms with Crippen molar-refractivity contribution in [3.05, 3.63) is 0 Å². The Morgan fingerprint density at radius 1 is 1.43 bits per heavy atom. The van der Waals surface area contributed by atoms with Crippen LogP contribution in [0.1, 0.15) is 39.5 Å². The molecule has 0 spiro atoms. The molecule has 2 fully saturated rings. The lowest BCUT2D eigenvalue weighted by atomic mass is 10.1. The van der Waals surface area contributed by atoms with E-state index in [9.17, 15) is 0 Å². The minimum absolute atomic E-state index is 0.185. The van der Waals surface area contributed by atoms with Crippen LogP contribution in [0.5, 0.6) is 0 Å². The van der Waals surface area contributed by atoms with E-state index in [4.69, 9.17) is 4.74 Å². The third-order valence-corrected chi connectivity index (χ3v) is 4.37. The van der Waals surface area contributed by atoms with Crippen LogP contribution < -0.4 is 5.32 Å². The molecule has 2 saturated heterocycles. The highest BCUT2D eigenvalue weighted by molar-refractivity contribution is 7.99. The van der Waals surface area contributed by atoms with Crippen LogP contribution in [-0.4, -0.2) is 29.4 Å². The van der Waals surface area contributed by atoms with Gasteiger partial charge < -0.3 is 4.74 Å². The second-order valence-corrected chi connectivity index (χ2v) is 6.46. The summed E-state index contributed by atoms with van der Waals surface area (Å²) in [6.07, 6.45) is 5.70. The van der Waals surface area contributed by atoms with Crippen molar-refractivity contribution >= 4 is 11.8 Å². The van der Waals surface area contributed by atoms with Crippen molar-refractivity contribution in [3.8, 4) is 0 Å². The zero-order chi connectivity index (χ0) is 10.0. The lowest BCUT2D eigenvalue weighted by Gasteiger charge is -2.24. The fraction of sp³-hybridized carbons (Fsp3) is 1.00. The van der Waals surface area contributed by atoms with Crippen molar-refractivity contribution in [2.45, 2.75) is 56.5 Å². The topological polar surface area (TPSA) is 21.3 Å². The lowest BCUT2D eigenvalue weighted by Crippen LogP contribution is -2.40. The highest BCUT2D eigenvalue weighted by atomic mass is 32.2. The zero-order valence-corrected chi connectivity index (χ0v) is 10.0. The Labute approximate surface area is 91.2 Å². The average Bonchev–Trinajstić information content (AvgIpc) is 2.47. The fourth-order valence-corrected chi connectivity index (χ4v) is 3.54. The zero-order valence-electron chi connectivity index (χ0n) is 9.21. The SMILES string of the molecule is CC1(C)COC(CC2CCCCS2)N1. The van der Waals surface area contributed by atoms with Gasteiger partial charge in [0.1, 0.15) is 6.23 Å². The summed E-state index contributed by atoms with van der Waals surface area (Å²) in [5, 5.41) is 4.37. The van der Waals surface area contributed by atoms with E-state index in [0.717, 1.165) is 11.9 Å². The van der Waals surface area contributed by atoms with E-state index in [-0.39, 0.29) is 5.54 Å². The van der Waals surface area contributed by atoms with Crippen LogP contribution in [0.15, 0.2) is 0 Å². The molecule has 1 N–H and O–H groups in total. The molecule has 2 heterocycles. The molecule has 0 saturated carbocycles. The maximum Gasteiger partial charge on any atom is 0.109 e. The van der Waals surface area contributed by atoms with E-state index in [2.05, 4.69) is 30.9 Å². The smallest absolute Gasteiger partial charge is 0.109 e. The molecule has 2 rings (SSSR count). The molecule has 0 aromatic heterocycles. The van der Waals surface area contributed by atoms with Gasteiger partial charge in [-0.1, -0.05) is 6.42 Å². The van der Waals surface area contributed by atoms with E-state index in [1.54, 1.807) is 0 Å². The predicted octanol–water partition coefficient (Wildman–Crippen LogP) is 2.39. The molecule has 2 aliphatic rings. The summed E-state index contributed by atoms with van der Waals surface area (Å²) in [6.45, 7) is 5.27. The minimum Gasteiger partial charge on any atom is -0.361 e. The second kappa shape index (κ2) is 4.42. The maximum absolute atomic E-state index is 5.75. The predicted molar refractivity (Wildman–Crippen MR) is 61.7 cm³/mol. The first-order chi connectivity index (χ1) is 6.66. The summed E-state index contributed by atoms with van der Waals surface area (Å²) in [5.41, 5.74) is 0.185. The molecule has 2 nitrogen and oxygen atoms in total. The Kier molecular flexibility index (Phi) is 3.40. The molecule has 14 heavy (non-hydrogen) atoms. The highest BCUT2D eigenvalue weighted by Crippen LogP contribution is 2.30. The van der Waals surface area contributed by atoms with Gasteiger partial charge in [-0.25, -0.2) is 0 Å². The molecule has 0 radical (unpaired) electrons. The Bertz CT molecular complexity index is 190. The average molecular weight is 215 g/mol. The van der Waals surface area contributed by atoms with Crippen molar-refractivity contribution in [2.24, 2.45) is 0 Å². The minimum atomic E-state index is 0.185. The molecular weight excluding hydrogens is 194 g/mol. The molecule has 0 bridgehead atoms. The summed E-state index contributed by atoms with van der Waals surface area (Å²) in [4.78, 5) is 0. The fourth-order valence-electron chi connectivity index (χ4n) is 2.19. The van der Waals surface area contributed by atoms with Crippen LogP contribution in [-0.2, 0) is 4.74 Å². The number of ether oxygens (including phenoxy) is 1. The van der Waals surface area contributed by atoms with Gasteiger partial charge in [0.2, 0.25) is 0 Å². The Morgan fingerprint density at radius 3 is 2.86 bits per heavy atom. The van der Waals surface area contributed by atoms with Gasteiger partial charge in [0, 0.05) is 10.8 Å². The van der Waals surface area contributed by atoms with Gasteiger partial charge in [-0.2, -0.15) is 11.8 Å². The van der Waals surface area contributed by atoms with E-state index in [0.29, 0.717) is 6.23 Å². The Hall–Kier alpha value is 0.270. The summed E-state index contributed by atoms with van der Waals surface area (Å²) >= 11 is 2.13. The standard InChI is InChI=1S/C11H21NOS/c1-11(2)8-13-10(12-11)7-9-5-3-4-6-14-9/h9-10,12H,3-8H2,1-2H3. The van der Waals surface area contributed by atoms with Crippen LogP contribution in [0, 0.1) is 0 Å². The van der Waals surface area contributed by atoms with Gasteiger partial charge >= 0.3 is 0 Å². The first-order valence-corrected chi connectivity index (χ1v) is 6.71. The third-order valence-electron chi connectivity index (χ3n) is 2.95. The molecule has 2 unspecified atom stereocenters. The van der Waals surface area contributed by atoms with Gasteiger partial charge in [0.15, 0.2) is 0 Å². The maximum atomic E-state index is 5.75. The number of nitrogens with one attached hydrogen (secondary N) is 1. The van der Waals surface area contributed by atoms with Crippen molar-refractivity contribution in [2.75, 3.05) is 12.4 Å². The van der Waals surface area contributed by atoms with E-state index >= 15 is 0 Å². The van der Waals surface area contributed by atoms with Crippen LogP contribution in [0.25, 0.3) is 0 Å². The molecule has 0 amide bonds. The van der Waals surface area contributed by atoms with Crippen molar-refractivity contribution in [3.63, 3.8) is 0 Å². The van der Waals surface area contributed by atoms with Gasteiger partial charge in [-0.3, -0.25) is 5.32 Å². The van der Waals surface area contributed by atoms with Crippen LogP contribution >= 0.6 is 11.8 Å². The molecule has 0 aromatic rings. The van der Waals surface area contributed by atoms with Crippen LogP contribution in [0.4, 0.5) is 0 Å². The van der Waals surface area contributed by atoms with Gasteiger partial charge in [-0.15, -0.1) is 0 Å². The van der Waals surface area contributed by atoms with Crippen molar-refractivity contribution in [1.29, 1.82) is 0 Å². The lowest BCUT2D eigenvalue weighted by molar-refractivity contribution is 0.0906. The number of hydrogen-bond donors (Lipinski definition) is 1. The van der Waals surface area contributed by atoms with Gasteiger partial charge in [0.25, 0.3) is 0 Å². The number of thioether (sulfide) groups is 1. The normalized spacial score (nSPS) is 37.3. The third kappa shape index (κ3) is 2.88. The molecule has 82 valence electrons. The molecule has 0 aromatic carbocycles. The van der Waals surface area contributed by atoms with Crippen LogP contribution in [0.2, 0.25) is 0 Å². The molecular formula is C11H21NOS. The van der Waals surface area contributed by atoms with Gasteiger partial charge in [-0.05, 0) is 38.9 Å². The summed E-state index contributed by atoms with van der Waals surface area (Å²) in [6, 6.07) is 0. The molecule has 2 atom stereocenters. The van der Waals surface area contributed by atoms with Crippen LogP contribution in [0.3, 0.4) is 0 Å². The van der Waals surface area contributed by atoms with E-state index in [1.807, 2.05) is 0 Å². The van der Waals surface area contributed by atoms with E-state index < -0.39 is 0 Å². The van der Waals surface area contributed by atoms with E-state index in [1.165, 1.54) is 31.4 Å². The Morgan fingerprint density at radius 2 is 2.29 bits per heavy atom. The largest absolute Gasteiger partial charge is 0.361 e. The first-order valence-electron chi connectivity index (χ1n) is 5.67. The molecule has 2 aliphatic heterocycles. The number of hydrogen-bond acceptors (Lipinski definition) is 3. The highest BCUT2D eigenvalue weighted by Gasteiger charge is 2.32. The molecule has 0 aliphatic carbocycles. The summed E-state index contributed by atoms with van der Waals surface area (Å²) < 4.78 is 5.75. The van der Waals surface area contributed by atoms with Crippen molar-refractivity contribution < 1.29 is 4.74 Å².